The maximum absolute atomic E-state index is 12.2. The number of para-hydroxylation sites is 1. The van der Waals surface area contributed by atoms with Gasteiger partial charge in [0.15, 0.2) is 0 Å². The van der Waals surface area contributed by atoms with Crippen molar-refractivity contribution < 1.29 is 6.17 Å². The van der Waals surface area contributed by atoms with Crippen molar-refractivity contribution in [1.82, 2.24) is 9.55 Å². The van der Waals surface area contributed by atoms with Gasteiger partial charge >= 0.3 is 0 Å². The van der Waals surface area contributed by atoms with E-state index >= 15 is 0 Å². The van der Waals surface area contributed by atoms with Gasteiger partial charge in [-0.2, -0.15) is 0 Å². The summed E-state index contributed by atoms with van der Waals surface area (Å²) in [5.74, 6) is -0.123. The molecule has 3 aromatic rings. The van der Waals surface area contributed by atoms with E-state index in [1.807, 2.05) is 56.7 Å². The molecule has 0 aliphatic heterocycles. The molecule has 108 valence electrons. The van der Waals surface area contributed by atoms with Crippen molar-refractivity contribution in [3.8, 4) is 0 Å². The number of nitrogens with zero attached hydrogens (tertiary/aromatic N) is 2. The van der Waals surface area contributed by atoms with E-state index in [-0.39, 0.29) is 5.91 Å². The Balaban J connectivity index is 2.22. The Morgan fingerprint density at radius 3 is 2.71 bits per heavy atom. The van der Waals surface area contributed by atoms with Gasteiger partial charge in [0.25, 0.3) is 0 Å². The van der Waals surface area contributed by atoms with Gasteiger partial charge in [-0.15, -0.1) is 0 Å². The highest BCUT2D eigenvalue weighted by Gasteiger charge is 2.21. The second-order valence-corrected chi connectivity index (χ2v) is 6.28. The zero-order valence-corrected chi connectivity index (χ0v) is 12.7. The summed E-state index contributed by atoms with van der Waals surface area (Å²) >= 11 is 0. The van der Waals surface area contributed by atoms with Crippen LogP contribution in [0.1, 0.15) is 22.1 Å². The van der Waals surface area contributed by atoms with E-state index in [0.717, 1.165) is 21.9 Å². The van der Waals surface area contributed by atoms with Crippen LogP contribution in [0.3, 0.4) is 0 Å². The minimum absolute atomic E-state index is 0.123. The maximum Gasteiger partial charge on any atom is 0.229 e. The molecule has 0 saturated carbocycles. The first-order valence-electron chi connectivity index (χ1n) is 7.45. The zero-order valence-electron chi connectivity index (χ0n) is 13.7. The number of amides is 1. The summed E-state index contributed by atoms with van der Waals surface area (Å²) in [6.07, 6.45) is 1.56. The number of anilines is 1. The fraction of sp³-hybridized carbons (Fsp3) is 0.294. The second kappa shape index (κ2) is 4.58. The Morgan fingerprint density at radius 2 is 2.00 bits per heavy atom. The lowest BCUT2D eigenvalue weighted by Gasteiger charge is -2.17. The van der Waals surface area contributed by atoms with Gasteiger partial charge in [-0.3, -0.25) is 4.79 Å². The van der Waals surface area contributed by atoms with Gasteiger partial charge in [0.2, 0.25) is 5.91 Å². The van der Waals surface area contributed by atoms with Gasteiger partial charge in [0.05, 0.1) is 18.8 Å². The maximum atomic E-state index is 12.2. The Morgan fingerprint density at radius 1 is 1.29 bits per heavy atom. The number of hydrogen-bond acceptors (Lipinski definition) is 2. The van der Waals surface area contributed by atoms with Gasteiger partial charge in [-0.1, -0.05) is 39.0 Å². The molecule has 0 bridgehead atoms. The molecule has 0 unspecified atom stereocenters. The van der Waals surface area contributed by atoms with E-state index in [9.17, 15) is 4.79 Å². The van der Waals surface area contributed by atoms with Crippen LogP contribution < -0.4 is 5.32 Å². The van der Waals surface area contributed by atoms with E-state index in [1.54, 1.807) is 6.20 Å². The predicted molar refractivity (Wildman–Crippen MR) is 86.3 cm³/mol. The first kappa shape index (κ1) is 12.4. The van der Waals surface area contributed by atoms with Crippen LogP contribution in [0.25, 0.3) is 21.9 Å². The molecule has 1 amide bonds. The first-order valence-corrected chi connectivity index (χ1v) is 6.95. The van der Waals surface area contributed by atoms with Crippen molar-refractivity contribution in [1.29, 1.82) is 0 Å². The number of fused-ring (bicyclic) bond motifs is 3. The van der Waals surface area contributed by atoms with E-state index in [1.165, 1.54) is 0 Å². The topological polar surface area (TPSA) is 46.9 Å². The van der Waals surface area contributed by atoms with Crippen LogP contribution in [0.5, 0.6) is 0 Å². The second-order valence-electron chi connectivity index (χ2n) is 6.28. The van der Waals surface area contributed by atoms with E-state index in [0.29, 0.717) is 11.7 Å². The van der Waals surface area contributed by atoms with Crippen molar-refractivity contribution in [2.45, 2.75) is 20.8 Å². The molecule has 0 spiro atoms. The van der Waals surface area contributed by atoms with Crippen LogP contribution in [0.4, 0.5) is 5.69 Å². The number of aryl methyl sites for hydroxylation is 1. The van der Waals surface area contributed by atoms with Crippen molar-refractivity contribution in [3.63, 3.8) is 0 Å². The van der Waals surface area contributed by atoms with Crippen molar-refractivity contribution >= 4 is 33.5 Å². The lowest BCUT2D eigenvalue weighted by atomic mass is 9.95. The number of nitrogens with one attached hydrogen (secondary N) is 1. The van der Waals surface area contributed by atoms with Gasteiger partial charge in [0, 0.05) is 23.2 Å². The molecule has 0 fully saturated rings. The zero-order chi connectivity index (χ0) is 16.1. The molecule has 4 heteroatoms. The molecule has 0 saturated heterocycles. The number of carbonyl (C=O) groups is 1. The number of rotatable bonds is 1. The SMILES string of the molecule is [2H]c1c(NC(=O)C(C)(C)C)cnc2c1c1ccccc1n2C. The highest BCUT2D eigenvalue weighted by atomic mass is 16.2. The van der Waals surface area contributed by atoms with Crippen molar-refractivity contribution in [3.05, 3.63) is 36.5 Å². The number of benzene rings is 1. The average Bonchev–Trinajstić information content (AvgIpc) is 2.75. The summed E-state index contributed by atoms with van der Waals surface area (Å²) in [4.78, 5) is 16.6. The molecular formula is C17H19N3O. The fourth-order valence-corrected chi connectivity index (χ4v) is 2.32. The summed E-state index contributed by atoms with van der Waals surface area (Å²) in [5.41, 5.74) is 1.71. The third kappa shape index (κ3) is 2.27. The van der Waals surface area contributed by atoms with Crippen molar-refractivity contribution in [2.75, 3.05) is 5.32 Å². The smallest absolute Gasteiger partial charge is 0.229 e. The molecule has 0 radical (unpaired) electrons. The van der Waals surface area contributed by atoms with E-state index in [2.05, 4.69) is 10.3 Å². The lowest BCUT2D eigenvalue weighted by Crippen LogP contribution is -2.27. The Hall–Kier alpha value is -2.36. The predicted octanol–water partition coefficient (Wildman–Crippen LogP) is 3.71. The fourth-order valence-electron chi connectivity index (χ4n) is 2.32. The van der Waals surface area contributed by atoms with Crippen LogP contribution >= 0.6 is 0 Å². The molecule has 0 aliphatic rings. The molecule has 0 aliphatic carbocycles. The quantitative estimate of drug-likeness (QED) is 0.739. The first-order chi connectivity index (χ1) is 10.3. The highest BCUT2D eigenvalue weighted by Crippen LogP contribution is 2.28. The molecule has 1 aromatic carbocycles. The Kier molecular flexibility index (Phi) is 2.70. The summed E-state index contributed by atoms with van der Waals surface area (Å²) in [7, 11) is 1.94. The summed E-state index contributed by atoms with van der Waals surface area (Å²) in [6, 6.07) is 8.20. The lowest BCUT2D eigenvalue weighted by molar-refractivity contribution is -0.123. The molecular weight excluding hydrogens is 262 g/mol. The van der Waals surface area contributed by atoms with Crippen LogP contribution in [0.2, 0.25) is 0 Å². The van der Waals surface area contributed by atoms with Gasteiger partial charge < -0.3 is 9.88 Å². The van der Waals surface area contributed by atoms with Crippen LogP contribution in [0.15, 0.2) is 36.5 Å². The number of aromatic nitrogens is 2. The van der Waals surface area contributed by atoms with Crippen LogP contribution in [-0.2, 0) is 11.8 Å². The summed E-state index contributed by atoms with van der Waals surface area (Å²) in [6.45, 7) is 5.53. The van der Waals surface area contributed by atoms with E-state index < -0.39 is 5.41 Å². The van der Waals surface area contributed by atoms with Crippen molar-refractivity contribution in [2.24, 2.45) is 12.5 Å². The Labute approximate surface area is 125 Å². The molecule has 1 N–H and O–H groups in total. The van der Waals surface area contributed by atoms with Gasteiger partial charge in [-0.25, -0.2) is 4.98 Å². The molecule has 4 nitrogen and oxygen atoms in total. The van der Waals surface area contributed by atoms with Gasteiger partial charge in [-0.05, 0) is 12.1 Å². The molecule has 0 atom stereocenters. The third-order valence-electron chi connectivity index (χ3n) is 3.58. The highest BCUT2D eigenvalue weighted by molar-refractivity contribution is 6.08. The number of hydrogen-bond donors (Lipinski definition) is 1. The largest absolute Gasteiger partial charge is 0.328 e. The molecule has 2 heterocycles. The number of carbonyl (C=O) groups excluding carboxylic acids is 1. The van der Waals surface area contributed by atoms with Crippen LogP contribution in [0, 0.1) is 5.41 Å². The number of pyridine rings is 1. The summed E-state index contributed by atoms with van der Waals surface area (Å²) in [5, 5.41) is 4.56. The molecule has 21 heavy (non-hydrogen) atoms. The minimum Gasteiger partial charge on any atom is -0.328 e. The molecule has 3 rings (SSSR count). The third-order valence-corrected chi connectivity index (χ3v) is 3.58. The normalized spacial score (nSPS) is 12.7. The Bertz CT molecular complexity index is 890. The van der Waals surface area contributed by atoms with E-state index in [4.69, 9.17) is 1.37 Å². The average molecular weight is 282 g/mol. The standard InChI is InChI=1S/C17H19N3O/c1-17(2,3)16(21)19-11-9-13-12-7-5-6-8-14(12)20(4)15(13)18-10-11/h5-10H,1-4H3,(H,19,21)/i9D. The monoisotopic (exact) mass is 282 g/mol. The molecule has 2 aromatic heterocycles. The van der Waals surface area contributed by atoms with Gasteiger partial charge in [0.1, 0.15) is 5.65 Å². The van der Waals surface area contributed by atoms with Crippen LogP contribution in [-0.4, -0.2) is 15.5 Å². The summed E-state index contributed by atoms with van der Waals surface area (Å²) < 4.78 is 10.4. The minimum atomic E-state index is -0.514.